The van der Waals surface area contributed by atoms with E-state index in [9.17, 15) is 4.79 Å². The van der Waals surface area contributed by atoms with Crippen LogP contribution in [0.2, 0.25) is 0 Å². The van der Waals surface area contributed by atoms with Crippen molar-refractivity contribution >= 4 is 35.3 Å². The highest BCUT2D eigenvalue weighted by Crippen LogP contribution is 2.25. The van der Waals surface area contributed by atoms with E-state index in [0.29, 0.717) is 11.7 Å². The predicted octanol–water partition coefficient (Wildman–Crippen LogP) is 3.86. The third kappa shape index (κ3) is 5.15. The summed E-state index contributed by atoms with van der Waals surface area (Å²) in [7, 11) is 3.98. The standard InChI is InChI=1S/C18H21N5O2S2/c1-4-23-17(13-9-10-25-11-13)20-21-18(23)26-12-16(24)19-14-5-7-15(8-6-14)27-22(2)3/h5-11H,4,12H2,1-3H3,(H,19,24). The van der Waals surface area contributed by atoms with Crippen LogP contribution in [0.1, 0.15) is 6.92 Å². The Kier molecular flexibility index (Phi) is 6.59. The monoisotopic (exact) mass is 403 g/mol. The molecule has 2 aromatic heterocycles. The summed E-state index contributed by atoms with van der Waals surface area (Å²) in [5.41, 5.74) is 1.65. The summed E-state index contributed by atoms with van der Waals surface area (Å²) in [6, 6.07) is 9.62. The second-order valence-corrected chi connectivity index (χ2v) is 8.15. The minimum absolute atomic E-state index is 0.0801. The van der Waals surface area contributed by atoms with Crippen molar-refractivity contribution in [2.24, 2.45) is 0 Å². The number of nitrogens with one attached hydrogen (secondary N) is 1. The topological polar surface area (TPSA) is 76.2 Å². The van der Waals surface area contributed by atoms with Crippen molar-refractivity contribution in [1.82, 2.24) is 19.1 Å². The van der Waals surface area contributed by atoms with Gasteiger partial charge in [-0.2, -0.15) is 0 Å². The van der Waals surface area contributed by atoms with Crippen molar-refractivity contribution in [2.75, 3.05) is 25.2 Å². The van der Waals surface area contributed by atoms with Crippen LogP contribution in [0.3, 0.4) is 0 Å². The molecule has 2 heterocycles. The Morgan fingerprint density at radius 2 is 2.00 bits per heavy atom. The molecule has 0 aliphatic heterocycles. The Morgan fingerprint density at radius 3 is 2.63 bits per heavy atom. The SMILES string of the molecule is CCn1c(SCC(=O)Nc2ccc(SN(C)C)cc2)nnc1-c1ccoc1. The zero-order chi connectivity index (χ0) is 19.2. The quantitative estimate of drug-likeness (QED) is 0.452. The summed E-state index contributed by atoms with van der Waals surface area (Å²) in [5, 5.41) is 12.0. The Balaban J connectivity index is 1.58. The first-order valence-electron chi connectivity index (χ1n) is 8.40. The molecule has 0 spiro atoms. The van der Waals surface area contributed by atoms with Crippen molar-refractivity contribution in [3.05, 3.63) is 42.9 Å². The maximum absolute atomic E-state index is 12.3. The van der Waals surface area contributed by atoms with Crippen LogP contribution in [-0.2, 0) is 11.3 Å². The molecule has 0 bridgehead atoms. The number of carbonyl (C=O) groups is 1. The molecule has 0 unspecified atom stereocenters. The normalized spacial score (nSPS) is 11.1. The van der Waals surface area contributed by atoms with Crippen LogP contribution in [0.4, 0.5) is 5.69 Å². The number of thioether (sulfide) groups is 1. The maximum Gasteiger partial charge on any atom is 0.234 e. The molecule has 1 N–H and O–H groups in total. The van der Waals surface area contributed by atoms with Gasteiger partial charge in [0.1, 0.15) is 6.26 Å². The molecule has 0 saturated heterocycles. The van der Waals surface area contributed by atoms with E-state index in [0.717, 1.165) is 22.0 Å². The lowest BCUT2D eigenvalue weighted by Crippen LogP contribution is -2.14. The van der Waals surface area contributed by atoms with Gasteiger partial charge < -0.3 is 14.3 Å². The van der Waals surface area contributed by atoms with Crippen molar-refractivity contribution in [3.8, 4) is 11.4 Å². The summed E-state index contributed by atoms with van der Waals surface area (Å²) in [6.45, 7) is 2.73. The number of carbonyl (C=O) groups excluding carboxylic acids is 1. The van der Waals surface area contributed by atoms with E-state index in [2.05, 4.69) is 15.5 Å². The maximum atomic E-state index is 12.3. The van der Waals surface area contributed by atoms with E-state index in [1.54, 1.807) is 24.5 Å². The number of benzene rings is 1. The molecular weight excluding hydrogens is 382 g/mol. The summed E-state index contributed by atoms with van der Waals surface area (Å²) in [5.74, 6) is 0.921. The van der Waals surface area contributed by atoms with Gasteiger partial charge in [-0.15, -0.1) is 10.2 Å². The number of hydrogen-bond acceptors (Lipinski definition) is 7. The fourth-order valence-corrected chi connectivity index (χ4v) is 3.90. The van der Waals surface area contributed by atoms with E-state index in [1.165, 1.54) is 11.8 Å². The molecule has 27 heavy (non-hydrogen) atoms. The molecule has 142 valence electrons. The largest absolute Gasteiger partial charge is 0.472 e. The number of aromatic nitrogens is 3. The average Bonchev–Trinajstić information content (AvgIpc) is 3.30. The summed E-state index contributed by atoms with van der Waals surface area (Å²) < 4.78 is 9.10. The first-order valence-corrected chi connectivity index (χ1v) is 10.2. The molecule has 0 aliphatic carbocycles. The Bertz CT molecular complexity index is 876. The van der Waals surface area contributed by atoms with Crippen LogP contribution in [0.15, 0.2) is 57.3 Å². The molecule has 0 atom stereocenters. The Labute approximate surface area is 166 Å². The second kappa shape index (κ2) is 9.12. The van der Waals surface area contributed by atoms with Crippen LogP contribution in [0, 0.1) is 0 Å². The van der Waals surface area contributed by atoms with E-state index < -0.39 is 0 Å². The highest BCUT2D eigenvalue weighted by atomic mass is 32.2. The fourth-order valence-electron chi connectivity index (χ4n) is 2.42. The molecule has 0 aliphatic rings. The van der Waals surface area contributed by atoms with E-state index in [1.807, 2.05) is 60.2 Å². The predicted molar refractivity (Wildman–Crippen MR) is 109 cm³/mol. The minimum atomic E-state index is -0.0801. The molecule has 0 radical (unpaired) electrons. The van der Waals surface area contributed by atoms with Crippen LogP contribution in [-0.4, -0.2) is 44.8 Å². The van der Waals surface area contributed by atoms with Gasteiger partial charge >= 0.3 is 0 Å². The lowest BCUT2D eigenvalue weighted by Gasteiger charge is -2.10. The molecule has 1 amide bonds. The van der Waals surface area contributed by atoms with Gasteiger partial charge in [0.2, 0.25) is 5.91 Å². The number of nitrogens with zero attached hydrogens (tertiary/aromatic N) is 4. The van der Waals surface area contributed by atoms with Crippen LogP contribution >= 0.6 is 23.7 Å². The molecular formula is C18H21N5O2S2. The van der Waals surface area contributed by atoms with Gasteiger partial charge in [0.25, 0.3) is 0 Å². The molecule has 7 nitrogen and oxygen atoms in total. The van der Waals surface area contributed by atoms with Gasteiger partial charge in [0.15, 0.2) is 11.0 Å². The summed E-state index contributed by atoms with van der Waals surface area (Å²) in [6.07, 6.45) is 3.24. The molecule has 3 rings (SSSR count). The fraction of sp³-hybridized carbons (Fsp3) is 0.278. The smallest absolute Gasteiger partial charge is 0.234 e. The molecule has 0 fully saturated rings. The lowest BCUT2D eigenvalue weighted by molar-refractivity contribution is -0.113. The summed E-state index contributed by atoms with van der Waals surface area (Å²) >= 11 is 3.00. The van der Waals surface area contributed by atoms with E-state index in [-0.39, 0.29) is 11.7 Å². The zero-order valence-electron chi connectivity index (χ0n) is 15.4. The highest BCUT2D eigenvalue weighted by Gasteiger charge is 2.15. The molecule has 1 aromatic carbocycles. The van der Waals surface area contributed by atoms with E-state index >= 15 is 0 Å². The first kappa shape index (κ1) is 19.5. The van der Waals surface area contributed by atoms with Crippen molar-refractivity contribution in [2.45, 2.75) is 23.5 Å². The minimum Gasteiger partial charge on any atom is -0.472 e. The van der Waals surface area contributed by atoms with Crippen molar-refractivity contribution in [1.29, 1.82) is 0 Å². The van der Waals surface area contributed by atoms with Gasteiger partial charge in [-0.1, -0.05) is 11.8 Å². The van der Waals surface area contributed by atoms with Crippen molar-refractivity contribution in [3.63, 3.8) is 0 Å². The lowest BCUT2D eigenvalue weighted by atomic mass is 10.3. The number of amides is 1. The van der Waals surface area contributed by atoms with Crippen molar-refractivity contribution < 1.29 is 9.21 Å². The first-order chi connectivity index (χ1) is 13.1. The second-order valence-electron chi connectivity index (χ2n) is 5.83. The van der Waals surface area contributed by atoms with Gasteiger partial charge in [-0.25, -0.2) is 0 Å². The zero-order valence-corrected chi connectivity index (χ0v) is 17.0. The molecule has 0 saturated carbocycles. The van der Waals surface area contributed by atoms with Crippen LogP contribution in [0.25, 0.3) is 11.4 Å². The average molecular weight is 404 g/mol. The molecule has 3 aromatic rings. The highest BCUT2D eigenvalue weighted by molar-refractivity contribution is 7.99. The molecule has 9 heteroatoms. The Morgan fingerprint density at radius 1 is 1.22 bits per heavy atom. The van der Waals surface area contributed by atoms with Gasteiger partial charge in [0.05, 0.1) is 17.6 Å². The summed E-state index contributed by atoms with van der Waals surface area (Å²) in [4.78, 5) is 13.4. The number of hydrogen-bond donors (Lipinski definition) is 1. The Hall–Kier alpha value is -2.23. The third-order valence-corrected chi connectivity index (χ3v) is 5.39. The van der Waals surface area contributed by atoms with Gasteiger partial charge in [-0.05, 0) is 63.3 Å². The number of rotatable bonds is 8. The van der Waals surface area contributed by atoms with Gasteiger partial charge in [-0.3, -0.25) is 9.10 Å². The van der Waals surface area contributed by atoms with Gasteiger partial charge in [0, 0.05) is 17.1 Å². The number of anilines is 1. The van der Waals surface area contributed by atoms with E-state index in [4.69, 9.17) is 4.42 Å². The van der Waals surface area contributed by atoms with Crippen LogP contribution in [0.5, 0.6) is 0 Å². The third-order valence-electron chi connectivity index (χ3n) is 3.57. The number of furan rings is 1. The van der Waals surface area contributed by atoms with Crippen LogP contribution < -0.4 is 5.32 Å².